The lowest BCUT2D eigenvalue weighted by Gasteiger charge is -2.34. The summed E-state index contributed by atoms with van der Waals surface area (Å²) in [6.45, 7) is 8.54. The van der Waals surface area contributed by atoms with E-state index in [0.29, 0.717) is 0 Å². The first-order valence-corrected chi connectivity index (χ1v) is 6.88. The topological polar surface area (TPSA) is 38.5 Å². The van der Waals surface area contributed by atoms with E-state index in [0.717, 1.165) is 36.1 Å². The van der Waals surface area contributed by atoms with Crippen LogP contribution in [0.4, 0.5) is 11.4 Å². The number of nitrogen functional groups attached to an aromatic ring is 1. The van der Waals surface area contributed by atoms with Gasteiger partial charge >= 0.3 is 0 Å². The van der Waals surface area contributed by atoms with Crippen molar-refractivity contribution < 1.29 is 4.74 Å². The summed E-state index contributed by atoms with van der Waals surface area (Å²) in [5.41, 5.74) is 8.14. The van der Waals surface area contributed by atoms with Crippen LogP contribution in [0.3, 0.4) is 0 Å². The first-order valence-electron chi connectivity index (χ1n) is 6.88. The highest BCUT2D eigenvalue weighted by molar-refractivity contribution is 5.74. The Labute approximate surface area is 110 Å². The molecule has 3 heteroatoms. The first-order chi connectivity index (χ1) is 8.58. The highest BCUT2D eigenvalue weighted by Gasteiger charge is 2.19. The zero-order valence-electron chi connectivity index (χ0n) is 11.6. The fourth-order valence-electron chi connectivity index (χ4n) is 2.57. The quantitative estimate of drug-likeness (QED) is 0.834. The molecule has 0 aliphatic carbocycles. The largest absolute Gasteiger partial charge is 0.489 e. The molecule has 0 radical (unpaired) electrons. The molecule has 3 nitrogen and oxygen atoms in total. The minimum absolute atomic E-state index is 0.155. The Bertz CT molecular complexity index is 403. The molecule has 2 rings (SSSR count). The lowest BCUT2D eigenvalue weighted by Crippen LogP contribution is -2.34. The minimum Gasteiger partial charge on any atom is -0.489 e. The van der Waals surface area contributed by atoms with Gasteiger partial charge in [-0.25, -0.2) is 0 Å². The molecule has 1 saturated heterocycles. The number of hydrogen-bond acceptors (Lipinski definition) is 3. The Kier molecular flexibility index (Phi) is 4.00. The fourth-order valence-corrected chi connectivity index (χ4v) is 2.57. The summed E-state index contributed by atoms with van der Waals surface area (Å²) in [5.74, 6) is 1.55. The number of nitrogens with two attached hydrogens (primary N) is 1. The summed E-state index contributed by atoms with van der Waals surface area (Å²) in [6.07, 6.45) is 2.72. The molecule has 1 atom stereocenters. The second-order valence-corrected chi connectivity index (χ2v) is 5.55. The van der Waals surface area contributed by atoms with E-state index in [4.69, 9.17) is 10.5 Å². The van der Waals surface area contributed by atoms with Gasteiger partial charge < -0.3 is 15.4 Å². The standard InChI is InChI=1S/C15H24N2O/c1-11(2)18-14-8-4-7-13(15(14)16)17-9-5-6-12(3)10-17/h4,7-8,11-12H,5-6,9-10,16H2,1-3H3. The lowest BCUT2D eigenvalue weighted by molar-refractivity contribution is 0.244. The van der Waals surface area contributed by atoms with E-state index in [1.807, 2.05) is 26.0 Å². The van der Waals surface area contributed by atoms with Crippen molar-refractivity contribution in [3.05, 3.63) is 18.2 Å². The molecule has 1 aliphatic rings. The molecule has 1 heterocycles. The van der Waals surface area contributed by atoms with Crippen LogP contribution in [0, 0.1) is 5.92 Å². The molecule has 0 spiro atoms. The lowest BCUT2D eigenvalue weighted by atomic mass is 9.99. The Hall–Kier alpha value is -1.38. The van der Waals surface area contributed by atoms with E-state index < -0.39 is 0 Å². The molecular formula is C15H24N2O. The predicted octanol–water partition coefficient (Wildman–Crippen LogP) is 3.29. The predicted molar refractivity (Wildman–Crippen MR) is 77.2 cm³/mol. The van der Waals surface area contributed by atoms with Crippen LogP contribution in [-0.4, -0.2) is 19.2 Å². The average Bonchev–Trinajstić information content (AvgIpc) is 2.31. The van der Waals surface area contributed by atoms with E-state index in [9.17, 15) is 0 Å². The van der Waals surface area contributed by atoms with Gasteiger partial charge in [0, 0.05) is 13.1 Å². The van der Waals surface area contributed by atoms with Crippen molar-refractivity contribution in [1.29, 1.82) is 0 Å². The summed E-state index contributed by atoms with van der Waals surface area (Å²) in [6, 6.07) is 6.08. The van der Waals surface area contributed by atoms with Crippen molar-refractivity contribution in [3.63, 3.8) is 0 Å². The molecule has 0 amide bonds. The van der Waals surface area contributed by atoms with Gasteiger partial charge in [0.1, 0.15) is 5.75 Å². The van der Waals surface area contributed by atoms with Gasteiger partial charge in [0.2, 0.25) is 0 Å². The van der Waals surface area contributed by atoms with Crippen LogP contribution >= 0.6 is 0 Å². The van der Waals surface area contributed by atoms with Gasteiger partial charge in [0.25, 0.3) is 0 Å². The maximum absolute atomic E-state index is 6.24. The molecule has 1 unspecified atom stereocenters. The number of nitrogens with zero attached hydrogens (tertiary/aromatic N) is 1. The molecule has 1 aromatic rings. The third-order valence-electron chi connectivity index (χ3n) is 3.40. The fraction of sp³-hybridized carbons (Fsp3) is 0.600. The average molecular weight is 248 g/mol. The molecule has 0 bridgehead atoms. The molecule has 1 fully saturated rings. The van der Waals surface area contributed by atoms with Crippen molar-refractivity contribution in [2.75, 3.05) is 23.7 Å². The second-order valence-electron chi connectivity index (χ2n) is 5.55. The van der Waals surface area contributed by atoms with Gasteiger partial charge in [-0.2, -0.15) is 0 Å². The molecule has 18 heavy (non-hydrogen) atoms. The number of para-hydroxylation sites is 1. The third kappa shape index (κ3) is 2.89. The maximum Gasteiger partial charge on any atom is 0.144 e. The Balaban J connectivity index is 2.22. The van der Waals surface area contributed by atoms with Crippen molar-refractivity contribution in [2.24, 2.45) is 5.92 Å². The Morgan fingerprint density at radius 1 is 1.39 bits per heavy atom. The molecule has 2 N–H and O–H groups in total. The van der Waals surface area contributed by atoms with Crippen LogP contribution in [0.1, 0.15) is 33.6 Å². The molecule has 0 saturated carbocycles. The number of benzene rings is 1. The molecule has 0 aromatic heterocycles. The van der Waals surface area contributed by atoms with Crippen molar-refractivity contribution in [1.82, 2.24) is 0 Å². The molecule has 100 valence electrons. The van der Waals surface area contributed by atoms with Gasteiger partial charge in [-0.1, -0.05) is 13.0 Å². The SMILES string of the molecule is CC1CCCN(c2cccc(OC(C)C)c2N)C1. The van der Waals surface area contributed by atoms with Crippen LogP contribution in [0.5, 0.6) is 5.75 Å². The van der Waals surface area contributed by atoms with Crippen LogP contribution in [0.25, 0.3) is 0 Å². The Morgan fingerprint density at radius 2 is 2.17 bits per heavy atom. The summed E-state index contributed by atoms with van der Waals surface area (Å²) < 4.78 is 5.75. The van der Waals surface area contributed by atoms with Gasteiger partial charge in [0.15, 0.2) is 0 Å². The van der Waals surface area contributed by atoms with E-state index in [1.54, 1.807) is 0 Å². The van der Waals surface area contributed by atoms with Crippen LogP contribution in [-0.2, 0) is 0 Å². The summed E-state index contributed by atoms with van der Waals surface area (Å²) in [7, 11) is 0. The van der Waals surface area contributed by atoms with Crippen molar-refractivity contribution >= 4 is 11.4 Å². The number of anilines is 2. The highest BCUT2D eigenvalue weighted by Crippen LogP contribution is 2.34. The van der Waals surface area contributed by atoms with Crippen LogP contribution in [0.15, 0.2) is 18.2 Å². The maximum atomic E-state index is 6.24. The molecule has 1 aliphatic heterocycles. The normalized spacial score (nSPS) is 20.2. The zero-order valence-corrected chi connectivity index (χ0v) is 11.6. The van der Waals surface area contributed by atoms with Gasteiger partial charge in [-0.3, -0.25) is 0 Å². The van der Waals surface area contributed by atoms with Crippen molar-refractivity contribution in [3.8, 4) is 5.75 Å². The third-order valence-corrected chi connectivity index (χ3v) is 3.40. The van der Waals surface area contributed by atoms with Crippen LogP contribution in [0.2, 0.25) is 0 Å². The van der Waals surface area contributed by atoms with Crippen molar-refractivity contribution in [2.45, 2.75) is 39.7 Å². The number of ether oxygens (including phenoxy) is 1. The number of hydrogen-bond donors (Lipinski definition) is 1. The van der Waals surface area contributed by atoms with Crippen LogP contribution < -0.4 is 15.4 Å². The van der Waals surface area contributed by atoms with E-state index >= 15 is 0 Å². The van der Waals surface area contributed by atoms with E-state index in [-0.39, 0.29) is 6.10 Å². The number of piperidine rings is 1. The van der Waals surface area contributed by atoms with Gasteiger partial charge in [-0.05, 0) is 44.7 Å². The van der Waals surface area contributed by atoms with E-state index in [1.165, 1.54) is 12.8 Å². The van der Waals surface area contributed by atoms with Gasteiger partial charge in [-0.15, -0.1) is 0 Å². The number of rotatable bonds is 3. The highest BCUT2D eigenvalue weighted by atomic mass is 16.5. The second kappa shape index (κ2) is 5.51. The summed E-state index contributed by atoms with van der Waals surface area (Å²) >= 11 is 0. The monoisotopic (exact) mass is 248 g/mol. The summed E-state index contributed by atoms with van der Waals surface area (Å²) in [5, 5.41) is 0. The molecule has 1 aromatic carbocycles. The summed E-state index contributed by atoms with van der Waals surface area (Å²) in [4.78, 5) is 2.39. The Morgan fingerprint density at radius 3 is 2.83 bits per heavy atom. The van der Waals surface area contributed by atoms with Gasteiger partial charge in [0.05, 0.1) is 17.5 Å². The van der Waals surface area contributed by atoms with E-state index in [2.05, 4.69) is 17.9 Å². The molecular weight excluding hydrogens is 224 g/mol. The zero-order chi connectivity index (χ0) is 13.1. The minimum atomic E-state index is 0.155. The smallest absolute Gasteiger partial charge is 0.144 e. The first kappa shape index (κ1) is 13.1.